The van der Waals surface area contributed by atoms with Gasteiger partial charge in [-0.25, -0.2) is 4.39 Å². The van der Waals surface area contributed by atoms with Crippen LogP contribution in [0.5, 0.6) is 5.75 Å². The second kappa shape index (κ2) is 6.36. The fraction of sp³-hybridized carbons (Fsp3) is 0.429. The van der Waals surface area contributed by atoms with Crippen LogP contribution in [0.1, 0.15) is 20.8 Å². The van der Waals surface area contributed by atoms with Crippen LogP contribution in [-0.2, 0) is 9.59 Å². The van der Waals surface area contributed by atoms with E-state index in [-0.39, 0.29) is 12.3 Å². The molecule has 0 heterocycles. The zero-order valence-corrected chi connectivity index (χ0v) is 11.8. The van der Waals surface area contributed by atoms with Crippen molar-refractivity contribution in [3.63, 3.8) is 0 Å². The molecule has 0 spiro atoms. The molecule has 0 aliphatic carbocycles. The molecule has 3 N–H and O–H groups in total. The molecular formula is C14H19FN2O3. The van der Waals surface area contributed by atoms with Crippen molar-refractivity contribution in [3.8, 4) is 5.75 Å². The fourth-order valence-electron chi connectivity index (χ4n) is 1.34. The highest BCUT2D eigenvalue weighted by molar-refractivity contribution is 5.83. The van der Waals surface area contributed by atoms with Crippen molar-refractivity contribution < 1.29 is 18.7 Å². The van der Waals surface area contributed by atoms with Crippen molar-refractivity contribution in [2.45, 2.75) is 26.9 Å². The Kier molecular flexibility index (Phi) is 5.07. The molecule has 0 aliphatic rings. The maximum atomic E-state index is 13.0. The van der Waals surface area contributed by atoms with Crippen LogP contribution in [0.25, 0.3) is 0 Å². The van der Waals surface area contributed by atoms with Gasteiger partial charge in [-0.1, -0.05) is 6.07 Å². The molecular weight excluding hydrogens is 263 g/mol. The van der Waals surface area contributed by atoms with E-state index in [1.165, 1.54) is 25.1 Å². The summed E-state index contributed by atoms with van der Waals surface area (Å²) in [6.45, 7) is 4.91. The zero-order valence-electron chi connectivity index (χ0n) is 11.8. The molecule has 1 unspecified atom stereocenters. The summed E-state index contributed by atoms with van der Waals surface area (Å²) in [5, 5.41) is 2.58. The molecule has 0 saturated carbocycles. The number of halogens is 1. The highest BCUT2D eigenvalue weighted by atomic mass is 19.1. The molecule has 110 valence electrons. The molecule has 1 aromatic rings. The van der Waals surface area contributed by atoms with Crippen LogP contribution in [0.2, 0.25) is 0 Å². The van der Waals surface area contributed by atoms with E-state index in [0.717, 1.165) is 0 Å². The first-order valence-corrected chi connectivity index (χ1v) is 6.22. The van der Waals surface area contributed by atoms with Gasteiger partial charge in [0.15, 0.2) is 6.10 Å². The number of rotatable bonds is 6. The molecule has 1 aromatic carbocycles. The second-order valence-electron chi connectivity index (χ2n) is 5.18. The lowest BCUT2D eigenvalue weighted by Gasteiger charge is -2.22. The van der Waals surface area contributed by atoms with E-state index in [1.54, 1.807) is 19.9 Å². The highest BCUT2D eigenvalue weighted by Gasteiger charge is 2.26. The van der Waals surface area contributed by atoms with E-state index in [0.29, 0.717) is 0 Å². The number of nitrogens with two attached hydrogens (primary N) is 1. The average molecular weight is 282 g/mol. The van der Waals surface area contributed by atoms with Crippen LogP contribution in [0.4, 0.5) is 4.39 Å². The topological polar surface area (TPSA) is 81.4 Å². The monoisotopic (exact) mass is 282 g/mol. The predicted octanol–water partition coefficient (Wildman–Crippen LogP) is 1.22. The van der Waals surface area contributed by atoms with E-state index in [2.05, 4.69) is 5.32 Å². The van der Waals surface area contributed by atoms with Gasteiger partial charge in [0.05, 0.1) is 5.41 Å². The Bertz CT molecular complexity index is 503. The van der Waals surface area contributed by atoms with Crippen LogP contribution < -0.4 is 15.8 Å². The summed E-state index contributed by atoms with van der Waals surface area (Å²) in [6.07, 6.45) is -0.805. The van der Waals surface area contributed by atoms with Gasteiger partial charge in [-0.3, -0.25) is 9.59 Å². The van der Waals surface area contributed by atoms with Crippen molar-refractivity contribution in [2.75, 3.05) is 6.54 Å². The van der Waals surface area contributed by atoms with Gasteiger partial charge in [0, 0.05) is 12.6 Å². The van der Waals surface area contributed by atoms with Crippen molar-refractivity contribution in [2.24, 2.45) is 11.1 Å². The molecule has 0 bridgehead atoms. The molecule has 5 nitrogen and oxygen atoms in total. The van der Waals surface area contributed by atoms with Crippen LogP contribution in [0, 0.1) is 11.2 Å². The van der Waals surface area contributed by atoms with Crippen molar-refractivity contribution in [1.82, 2.24) is 5.32 Å². The first-order valence-electron chi connectivity index (χ1n) is 6.22. The number of amides is 2. The van der Waals surface area contributed by atoms with Crippen molar-refractivity contribution >= 4 is 11.8 Å². The number of nitrogens with one attached hydrogen (secondary N) is 1. The Hall–Kier alpha value is -2.11. The van der Waals surface area contributed by atoms with E-state index in [1.807, 2.05) is 0 Å². The van der Waals surface area contributed by atoms with E-state index >= 15 is 0 Å². The Labute approximate surface area is 117 Å². The number of hydrogen-bond donors (Lipinski definition) is 2. The minimum atomic E-state index is -0.839. The smallest absolute Gasteiger partial charge is 0.260 e. The van der Waals surface area contributed by atoms with Gasteiger partial charge in [0.2, 0.25) is 5.91 Å². The van der Waals surface area contributed by atoms with Gasteiger partial charge in [0.25, 0.3) is 5.91 Å². The van der Waals surface area contributed by atoms with Crippen LogP contribution in [-0.4, -0.2) is 24.5 Å². The molecule has 1 atom stereocenters. The number of ether oxygens (including phenoxy) is 1. The fourth-order valence-corrected chi connectivity index (χ4v) is 1.34. The summed E-state index contributed by atoms with van der Waals surface area (Å²) in [5.74, 6) is -1.08. The molecule has 0 saturated heterocycles. The van der Waals surface area contributed by atoms with E-state index < -0.39 is 29.2 Å². The summed E-state index contributed by atoms with van der Waals surface area (Å²) < 4.78 is 18.3. The summed E-state index contributed by atoms with van der Waals surface area (Å²) in [5.41, 5.74) is 4.37. The Morgan fingerprint density at radius 1 is 1.45 bits per heavy atom. The molecule has 20 heavy (non-hydrogen) atoms. The Balaban J connectivity index is 2.54. The normalized spacial score (nSPS) is 12.6. The van der Waals surface area contributed by atoms with Crippen molar-refractivity contribution in [1.29, 1.82) is 0 Å². The van der Waals surface area contributed by atoms with Crippen LogP contribution >= 0.6 is 0 Å². The molecule has 6 heteroatoms. The molecule has 0 fully saturated rings. The molecule has 0 radical (unpaired) electrons. The first-order chi connectivity index (χ1) is 9.22. The van der Waals surface area contributed by atoms with Gasteiger partial charge in [0.1, 0.15) is 11.6 Å². The predicted molar refractivity (Wildman–Crippen MR) is 72.5 cm³/mol. The molecule has 0 aliphatic heterocycles. The molecule has 2 amide bonds. The largest absolute Gasteiger partial charge is 0.481 e. The standard InChI is InChI=1S/C14H19FN2O3/c1-9(20-11-6-4-5-10(15)7-11)12(18)17-8-14(2,3)13(16)19/h4-7,9H,8H2,1-3H3,(H2,16,19)(H,17,18). The summed E-state index contributed by atoms with van der Waals surface area (Å²) >= 11 is 0. The Morgan fingerprint density at radius 3 is 2.65 bits per heavy atom. The minimum absolute atomic E-state index is 0.109. The number of benzene rings is 1. The SMILES string of the molecule is CC(Oc1cccc(F)c1)C(=O)NCC(C)(C)C(N)=O. The summed E-state index contributed by atoms with van der Waals surface area (Å²) in [4.78, 5) is 22.9. The van der Waals surface area contributed by atoms with E-state index in [9.17, 15) is 14.0 Å². The summed E-state index contributed by atoms with van der Waals surface area (Å²) in [6, 6.07) is 5.52. The lowest BCUT2D eigenvalue weighted by atomic mass is 9.93. The Morgan fingerprint density at radius 2 is 2.10 bits per heavy atom. The highest BCUT2D eigenvalue weighted by Crippen LogP contribution is 2.15. The third-order valence-corrected chi connectivity index (χ3v) is 2.85. The van der Waals surface area contributed by atoms with E-state index in [4.69, 9.17) is 10.5 Å². The van der Waals surface area contributed by atoms with Gasteiger partial charge >= 0.3 is 0 Å². The average Bonchev–Trinajstić information content (AvgIpc) is 2.35. The van der Waals surface area contributed by atoms with Gasteiger partial charge in [-0.15, -0.1) is 0 Å². The molecule has 1 rings (SSSR count). The third-order valence-electron chi connectivity index (χ3n) is 2.85. The zero-order chi connectivity index (χ0) is 15.3. The van der Waals surface area contributed by atoms with Gasteiger partial charge in [-0.05, 0) is 32.9 Å². The van der Waals surface area contributed by atoms with Gasteiger partial charge in [-0.2, -0.15) is 0 Å². The number of carbonyl (C=O) groups excluding carboxylic acids is 2. The molecule has 0 aromatic heterocycles. The minimum Gasteiger partial charge on any atom is -0.481 e. The maximum Gasteiger partial charge on any atom is 0.260 e. The van der Waals surface area contributed by atoms with Gasteiger partial charge < -0.3 is 15.8 Å². The lowest BCUT2D eigenvalue weighted by Crippen LogP contribution is -2.45. The number of hydrogen-bond acceptors (Lipinski definition) is 3. The quantitative estimate of drug-likeness (QED) is 0.823. The second-order valence-corrected chi connectivity index (χ2v) is 5.18. The number of carbonyl (C=O) groups is 2. The lowest BCUT2D eigenvalue weighted by molar-refractivity contribution is -0.129. The summed E-state index contributed by atoms with van der Waals surface area (Å²) in [7, 11) is 0. The first kappa shape index (κ1) is 15.9. The van der Waals surface area contributed by atoms with Crippen LogP contribution in [0.15, 0.2) is 24.3 Å². The van der Waals surface area contributed by atoms with Crippen molar-refractivity contribution in [3.05, 3.63) is 30.1 Å². The van der Waals surface area contributed by atoms with Crippen LogP contribution in [0.3, 0.4) is 0 Å². The number of primary amides is 1. The maximum absolute atomic E-state index is 13.0. The third kappa shape index (κ3) is 4.53.